The Bertz CT molecular complexity index is 693. The minimum Gasteiger partial charge on any atom is -0.465 e. The van der Waals surface area contributed by atoms with Crippen LogP contribution in [0.2, 0.25) is 0 Å². The van der Waals surface area contributed by atoms with Gasteiger partial charge in [-0.05, 0) is 37.5 Å². The zero-order valence-electron chi connectivity index (χ0n) is 18.4. The van der Waals surface area contributed by atoms with Crippen LogP contribution in [-0.4, -0.2) is 68.9 Å². The third-order valence-electron chi connectivity index (χ3n) is 6.19. The summed E-state index contributed by atoms with van der Waals surface area (Å²) in [4.78, 5) is 19.0. The van der Waals surface area contributed by atoms with Crippen LogP contribution in [-0.2, 0) is 16.0 Å². The van der Waals surface area contributed by atoms with E-state index in [0.29, 0.717) is 12.1 Å². The summed E-state index contributed by atoms with van der Waals surface area (Å²) in [5, 5.41) is 6.99. The molecule has 0 spiro atoms. The summed E-state index contributed by atoms with van der Waals surface area (Å²) in [5.41, 5.74) is 1.81. The van der Waals surface area contributed by atoms with Gasteiger partial charge in [0, 0.05) is 31.7 Å². The standard InChI is InChI=1S/C23H36N4O3/c1-3-24-22(25-17-19-7-9-20(10-8-19)21(28)29-2)26-18-23(11-5-4-6-12-23)27-13-15-30-16-14-27/h7-10H,3-6,11-18H2,1-2H3,(H2,24,25,26). The number of carbonyl (C=O) groups excluding carboxylic acids is 1. The first kappa shape index (κ1) is 22.6. The van der Waals surface area contributed by atoms with Crippen molar-refractivity contribution in [3.8, 4) is 0 Å². The maximum atomic E-state index is 11.6. The monoisotopic (exact) mass is 416 g/mol. The first-order chi connectivity index (χ1) is 14.7. The third kappa shape index (κ3) is 5.95. The summed E-state index contributed by atoms with van der Waals surface area (Å²) in [6.07, 6.45) is 6.38. The molecule has 1 saturated carbocycles. The molecular formula is C23H36N4O3. The number of morpholine rings is 1. The van der Waals surface area contributed by atoms with E-state index in [1.165, 1.54) is 39.2 Å². The number of esters is 1. The van der Waals surface area contributed by atoms with Crippen LogP contribution in [0.4, 0.5) is 0 Å². The van der Waals surface area contributed by atoms with E-state index < -0.39 is 0 Å². The van der Waals surface area contributed by atoms with Crippen molar-refractivity contribution in [2.45, 2.75) is 51.1 Å². The van der Waals surface area contributed by atoms with E-state index in [9.17, 15) is 4.79 Å². The fourth-order valence-electron chi connectivity index (χ4n) is 4.48. The third-order valence-corrected chi connectivity index (χ3v) is 6.19. The Morgan fingerprint density at radius 3 is 2.47 bits per heavy atom. The molecule has 0 amide bonds. The zero-order chi connectivity index (χ0) is 21.2. The summed E-state index contributed by atoms with van der Waals surface area (Å²) in [7, 11) is 1.39. The van der Waals surface area contributed by atoms with E-state index in [-0.39, 0.29) is 11.5 Å². The molecule has 2 aliphatic rings. The van der Waals surface area contributed by atoms with Gasteiger partial charge < -0.3 is 20.1 Å². The number of nitrogens with one attached hydrogen (secondary N) is 2. The van der Waals surface area contributed by atoms with Gasteiger partial charge in [-0.15, -0.1) is 0 Å². The van der Waals surface area contributed by atoms with E-state index in [0.717, 1.165) is 50.9 Å². The first-order valence-electron chi connectivity index (χ1n) is 11.2. The fourth-order valence-corrected chi connectivity index (χ4v) is 4.48. The number of guanidine groups is 1. The van der Waals surface area contributed by atoms with Gasteiger partial charge in [-0.3, -0.25) is 4.90 Å². The number of aliphatic imine (C=N–C) groups is 1. The van der Waals surface area contributed by atoms with Crippen molar-refractivity contribution in [3.05, 3.63) is 35.4 Å². The molecule has 0 bridgehead atoms. The molecule has 1 aromatic carbocycles. The van der Waals surface area contributed by atoms with E-state index >= 15 is 0 Å². The van der Waals surface area contributed by atoms with Crippen LogP contribution in [0.5, 0.6) is 0 Å². The molecule has 1 aliphatic carbocycles. The zero-order valence-corrected chi connectivity index (χ0v) is 18.4. The van der Waals surface area contributed by atoms with Crippen molar-refractivity contribution in [2.75, 3.05) is 46.5 Å². The number of ether oxygens (including phenoxy) is 2. The summed E-state index contributed by atoms with van der Waals surface area (Å²) in [6, 6.07) is 7.42. The Balaban J connectivity index is 1.63. The molecule has 1 aromatic rings. The first-order valence-corrected chi connectivity index (χ1v) is 11.2. The molecule has 7 nitrogen and oxygen atoms in total. The van der Waals surface area contributed by atoms with Crippen LogP contribution in [0.25, 0.3) is 0 Å². The lowest BCUT2D eigenvalue weighted by atomic mass is 9.80. The molecule has 0 unspecified atom stereocenters. The second kappa shape index (κ2) is 11.3. The highest BCUT2D eigenvalue weighted by Crippen LogP contribution is 2.33. The van der Waals surface area contributed by atoms with Gasteiger partial charge in [0.05, 0.1) is 32.4 Å². The van der Waals surface area contributed by atoms with Crippen molar-refractivity contribution in [1.82, 2.24) is 15.5 Å². The van der Waals surface area contributed by atoms with Crippen molar-refractivity contribution in [1.29, 1.82) is 0 Å². The van der Waals surface area contributed by atoms with Gasteiger partial charge in [-0.2, -0.15) is 0 Å². The fraction of sp³-hybridized carbons (Fsp3) is 0.652. The molecule has 166 valence electrons. The van der Waals surface area contributed by atoms with Crippen LogP contribution < -0.4 is 10.6 Å². The van der Waals surface area contributed by atoms with Crippen LogP contribution in [0.1, 0.15) is 54.9 Å². The van der Waals surface area contributed by atoms with Gasteiger partial charge in [0.25, 0.3) is 0 Å². The molecule has 0 aromatic heterocycles. The number of hydrogen-bond donors (Lipinski definition) is 2. The van der Waals surface area contributed by atoms with E-state index in [2.05, 4.69) is 22.5 Å². The Labute approximate surface area is 180 Å². The minimum absolute atomic E-state index is 0.195. The van der Waals surface area contributed by atoms with Gasteiger partial charge in [0.15, 0.2) is 5.96 Å². The predicted octanol–water partition coefficient (Wildman–Crippen LogP) is 2.56. The second-order valence-corrected chi connectivity index (χ2v) is 8.12. The SMILES string of the molecule is CCNC(=NCc1ccc(C(=O)OC)cc1)NCC1(N2CCOCC2)CCCCC1. The maximum absolute atomic E-state index is 11.6. The number of carbonyl (C=O) groups is 1. The van der Waals surface area contributed by atoms with E-state index in [1.54, 1.807) is 12.1 Å². The number of methoxy groups -OCH3 is 1. The highest BCUT2D eigenvalue weighted by molar-refractivity contribution is 5.89. The summed E-state index contributed by atoms with van der Waals surface area (Å²) in [6.45, 7) is 8.05. The molecule has 1 aliphatic heterocycles. The molecular weight excluding hydrogens is 380 g/mol. The van der Waals surface area contributed by atoms with Crippen LogP contribution in [0.15, 0.2) is 29.3 Å². The van der Waals surface area contributed by atoms with Crippen molar-refractivity contribution in [2.24, 2.45) is 4.99 Å². The Kier molecular flexibility index (Phi) is 8.51. The summed E-state index contributed by atoms with van der Waals surface area (Å²) >= 11 is 0. The van der Waals surface area contributed by atoms with E-state index in [4.69, 9.17) is 14.5 Å². The smallest absolute Gasteiger partial charge is 0.337 e. The number of rotatable bonds is 7. The molecule has 2 N–H and O–H groups in total. The van der Waals surface area contributed by atoms with Gasteiger partial charge >= 0.3 is 5.97 Å². The van der Waals surface area contributed by atoms with Crippen LogP contribution in [0.3, 0.4) is 0 Å². The van der Waals surface area contributed by atoms with Gasteiger partial charge in [-0.1, -0.05) is 31.4 Å². The molecule has 0 atom stereocenters. The van der Waals surface area contributed by atoms with Crippen LogP contribution in [0, 0.1) is 0 Å². The van der Waals surface area contributed by atoms with Crippen molar-refractivity contribution < 1.29 is 14.3 Å². The predicted molar refractivity (Wildman–Crippen MR) is 119 cm³/mol. The molecule has 0 radical (unpaired) electrons. The molecule has 30 heavy (non-hydrogen) atoms. The quantitative estimate of drug-likeness (QED) is 0.404. The summed E-state index contributed by atoms with van der Waals surface area (Å²) < 4.78 is 10.3. The highest BCUT2D eigenvalue weighted by Gasteiger charge is 2.38. The molecule has 2 fully saturated rings. The highest BCUT2D eigenvalue weighted by atomic mass is 16.5. The lowest BCUT2D eigenvalue weighted by Gasteiger charge is -2.48. The van der Waals surface area contributed by atoms with Gasteiger partial charge in [0.1, 0.15) is 0 Å². The molecule has 1 heterocycles. The average molecular weight is 417 g/mol. The number of hydrogen-bond acceptors (Lipinski definition) is 5. The Morgan fingerprint density at radius 1 is 1.13 bits per heavy atom. The maximum Gasteiger partial charge on any atom is 0.337 e. The summed E-state index contributed by atoms with van der Waals surface area (Å²) in [5.74, 6) is 0.522. The second-order valence-electron chi connectivity index (χ2n) is 8.12. The molecule has 3 rings (SSSR count). The van der Waals surface area contributed by atoms with Crippen LogP contribution >= 0.6 is 0 Å². The number of nitrogens with zero attached hydrogens (tertiary/aromatic N) is 2. The normalized spacial score (nSPS) is 19.9. The Morgan fingerprint density at radius 2 is 1.83 bits per heavy atom. The van der Waals surface area contributed by atoms with Crippen molar-refractivity contribution in [3.63, 3.8) is 0 Å². The molecule has 7 heteroatoms. The minimum atomic E-state index is -0.319. The topological polar surface area (TPSA) is 75.2 Å². The Hall–Kier alpha value is -2.12. The van der Waals surface area contributed by atoms with Gasteiger partial charge in [0.2, 0.25) is 0 Å². The van der Waals surface area contributed by atoms with E-state index in [1.807, 2.05) is 12.1 Å². The van der Waals surface area contributed by atoms with Gasteiger partial charge in [-0.25, -0.2) is 9.79 Å². The lowest BCUT2D eigenvalue weighted by Crippen LogP contribution is -2.60. The largest absolute Gasteiger partial charge is 0.465 e. The molecule has 1 saturated heterocycles. The average Bonchev–Trinajstić information content (AvgIpc) is 2.82. The lowest BCUT2D eigenvalue weighted by molar-refractivity contribution is -0.0352. The van der Waals surface area contributed by atoms with Crippen molar-refractivity contribution >= 4 is 11.9 Å². The number of benzene rings is 1.